The average molecular weight is 289 g/mol. The van der Waals surface area contributed by atoms with Crippen LogP contribution in [0.2, 0.25) is 0 Å². The molecular formula is C18H27NO2. The van der Waals surface area contributed by atoms with Gasteiger partial charge in [-0.25, -0.2) is 4.79 Å². The molecule has 1 aromatic carbocycles. The maximum Gasteiger partial charge on any atom is 0.335 e. The van der Waals surface area contributed by atoms with Crippen LogP contribution in [0, 0.1) is 12.3 Å². The van der Waals surface area contributed by atoms with E-state index in [2.05, 4.69) is 25.8 Å². The maximum atomic E-state index is 11.0. The number of aryl methyl sites for hydroxylation is 1. The Hall–Kier alpha value is -1.35. The minimum absolute atomic E-state index is 0.373. The number of carboxylic acids is 1. The summed E-state index contributed by atoms with van der Waals surface area (Å²) in [6.45, 7) is 7.62. The normalized spacial score (nSPS) is 18.9. The minimum atomic E-state index is -0.854. The molecule has 1 aliphatic rings. The van der Waals surface area contributed by atoms with Crippen molar-refractivity contribution in [3.05, 3.63) is 34.9 Å². The summed E-state index contributed by atoms with van der Waals surface area (Å²) in [6, 6.07) is 6.09. The molecule has 1 aliphatic carbocycles. The molecule has 116 valence electrons. The highest BCUT2D eigenvalue weighted by Gasteiger charge is 2.28. The van der Waals surface area contributed by atoms with Crippen LogP contribution in [0.4, 0.5) is 0 Å². The van der Waals surface area contributed by atoms with E-state index in [1.807, 2.05) is 13.0 Å². The van der Waals surface area contributed by atoms with Crippen molar-refractivity contribution in [1.82, 2.24) is 4.90 Å². The molecule has 0 amide bonds. The molecule has 0 bridgehead atoms. The first-order valence-corrected chi connectivity index (χ1v) is 7.81. The molecule has 0 unspecified atom stereocenters. The molecule has 0 radical (unpaired) electrons. The first-order chi connectivity index (χ1) is 9.78. The van der Waals surface area contributed by atoms with E-state index in [1.165, 1.54) is 31.2 Å². The Morgan fingerprint density at radius 1 is 1.33 bits per heavy atom. The largest absolute Gasteiger partial charge is 0.478 e. The van der Waals surface area contributed by atoms with Gasteiger partial charge in [0.25, 0.3) is 0 Å². The van der Waals surface area contributed by atoms with Crippen LogP contribution < -0.4 is 0 Å². The van der Waals surface area contributed by atoms with Crippen molar-refractivity contribution in [2.24, 2.45) is 5.41 Å². The summed E-state index contributed by atoms with van der Waals surface area (Å²) in [6.07, 6.45) is 5.10. The first-order valence-electron chi connectivity index (χ1n) is 7.81. The smallest absolute Gasteiger partial charge is 0.335 e. The monoisotopic (exact) mass is 289 g/mol. The van der Waals surface area contributed by atoms with E-state index in [9.17, 15) is 4.79 Å². The van der Waals surface area contributed by atoms with E-state index >= 15 is 0 Å². The second-order valence-electron chi connectivity index (χ2n) is 7.26. The average Bonchev–Trinajstić information content (AvgIpc) is 2.40. The van der Waals surface area contributed by atoms with Crippen LogP contribution in [0.1, 0.15) is 61.0 Å². The van der Waals surface area contributed by atoms with E-state index in [0.29, 0.717) is 17.0 Å². The molecule has 0 aromatic heterocycles. The fraction of sp³-hybridized carbons (Fsp3) is 0.611. The highest BCUT2D eigenvalue weighted by molar-refractivity contribution is 5.87. The molecule has 3 nitrogen and oxygen atoms in total. The Bertz CT molecular complexity index is 512. The Balaban J connectivity index is 2.00. The standard InChI is InChI=1S/C18H27NO2/c1-13-11-14(17(20)21)5-6-15(13)12-19(4)16-7-9-18(2,3)10-8-16/h5-6,11,16H,7-10,12H2,1-4H3,(H,20,21). The second kappa shape index (κ2) is 6.18. The zero-order chi connectivity index (χ0) is 15.6. The van der Waals surface area contributed by atoms with E-state index in [1.54, 1.807) is 12.1 Å². The molecule has 1 N–H and O–H groups in total. The molecule has 3 heteroatoms. The fourth-order valence-electron chi connectivity index (χ4n) is 3.23. The highest BCUT2D eigenvalue weighted by Crippen LogP contribution is 2.36. The fourth-order valence-corrected chi connectivity index (χ4v) is 3.23. The van der Waals surface area contributed by atoms with E-state index in [-0.39, 0.29) is 0 Å². The van der Waals surface area contributed by atoms with Gasteiger partial charge in [0, 0.05) is 12.6 Å². The number of benzene rings is 1. The number of nitrogens with zero attached hydrogens (tertiary/aromatic N) is 1. The summed E-state index contributed by atoms with van der Waals surface area (Å²) in [7, 11) is 2.19. The molecule has 1 saturated carbocycles. The molecule has 1 aromatic rings. The topological polar surface area (TPSA) is 40.5 Å². The lowest BCUT2D eigenvalue weighted by Crippen LogP contribution is -2.36. The van der Waals surface area contributed by atoms with Gasteiger partial charge < -0.3 is 5.11 Å². The van der Waals surface area contributed by atoms with Crippen molar-refractivity contribution in [3.63, 3.8) is 0 Å². The van der Waals surface area contributed by atoms with Gasteiger partial charge in [-0.05, 0) is 68.3 Å². The number of rotatable bonds is 4. The summed E-state index contributed by atoms with van der Waals surface area (Å²) >= 11 is 0. The summed E-state index contributed by atoms with van der Waals surface area (Å²) in [5.74, 6) is -0.854. The van der Waals surface area contributed by atoms with E-state index in [0.717, 1.165) is 12.1 Å². The van der Waals surface area contributed by atoms with Crippen LogP contribution in [0.3, 0.4) is 0 Å². The van der Waals surface area contributed by atoms with Gasteiger partial charge >= 0.3 is 5.97 Å². The lowest BCUT2D eigenvalue weighted by Gasteiger charge is -2.38. The molecular weight excluding hydrogens is 262 g/mol. The Morgan fingerprint density at radius 3 is 2.48 bits per heavy atom. The Morgan fingerprint density at radius 2 is 1.95 bits per heavy atom. The van der Waals surface area contributed by atoms with E-state index in [4.69, 9.17) is 5.11 Å². The van der Waals surface area contributed by atoms with Gasteiger partial charge in [0.1, 0.15) is 0 Å². The predicted molar refractivity (Wildman–Crippen MR) is 85.6 cm³/mol. The molecule has 21 heavy (non-hydrogen) atoms. The van der Waals surface area contributed by atoms with Gasteiger partial charge in [0.2, 0.25) is 0 Å². The third-order valence-electron chi connectivity index (χ3n) is 4.94. The number of carbonyl (C=O) groups is 1. The van der Waals surface area contributed by atoms with Gasteiger partial charge in [-0.15, -0.1) is 0 Å². The third-order valence-corrected chi connectivity index (χ3v) is 4.94. The molecule has 0 saturated heterocycles. The summed E-state index contributed by atoms with van der Waals surface area (Å²) < 4.78 is 0. The second-order valence-corrected chi connectivity index (χ2v) is 7.26. The van der Waals surface area contributed by atoms with Crippen molar-refractivity contribution in [3.8, 4) is 0 Å². The van der Waals surface area contributed by atoms with Crippen LogP contribution in [0.5, 0.6) is 0 Å². The predicted octanol–water partition coefficient (Wildman–Crippen LogP) is 4.09. The van der Waals surface area contributed by atoms with Crippen molar-refractivity contribution in [2.45, 2.75) is 59.0 Å². The maximum absolute atomic E-state index is 11.0. The van der Waals surface area contributed by atoms with Crippen LogP contribution in [0.25, 0.3) is 0 Å². The van der Waals surface area contributed by atoms with E-state index < -0.39 is 5.97 Å². The summed E-state index contributed by atoms with van der Waals surface area (Å²) in [5, 5.41) is 9.02. The van der Waals surface area contributed by atoms with Crippen molar-refractivity contribution >= 4 is 5.97 Å². The lowest BCUT2D eigenvalue weighted by atomic mass is 9.75. The van der Waals surface area contributed by atoms with Gasteiger partial charge in [0.05, 0.1) is 5.56 Å². The quantitative estimate of drug-likeness (QED) is 0.907. The minimum Gasteiger partial charge on any atom is -0.478 e. The summed E-state index contributed by atoms with van der Waals surface area (Å²) in [5.41, 5.74) is 3.17. The number of aromatic carboxylic acids is 1. The molecule has 0 aliphatic heterocycles. The SMILES string of the molecule is Cc1cc(C(=O)O)ccc1CN(C)C1CCC(C)(C)CC1. The zero-order valence-corrected chi connectivity index (χ0v) is 13.6. The molecule has 0 heterocycles. The van der Waals surface area contributed by atoms with Gasteiger partial charge in [-0.2, -0.15) is 0 Å². The van der Waals surface area contributed by atoms with Gasteiger partial charge in [-0.1, -0.05) is 19.9 Å². The van der Waals surface area contributed by atoms with Crippen LogP contribution >= 0.6 is 0 Å². The van der Waals surface area contributed by atoms with Gasteiger partial charge in [0.15, 0.2) is 0 Å². The molecule has 1 fully saturated rings. The zero-order valence-electron chi connectivity index (χ0n) is 13.6. The van der Waals surface area contributed by atoms with Crippen LogP contribution in [-0.2, 0) is 6.54 Å². The third kappa shape index (κ3) is 4.07. The number of hydrogen-bond donors (Lipinski definition) is 1. The van der Waals surface area contributed by atoms with Crippen molar-refractivity contribution in [2.75, 3.05) is 7.05 Å². The summed E-state index contributed by atoms with van der Waals surface area (Å²) in [4.78, 5) is 13.4. The Labute approximate surface area is 128 Å². The molecule has 2 rings (SSSR count). The van der Waals surface area contributed by atoms with Crippen LogP contribution in [0.15, 0.2) is 18.2 Å². The van der Waals surface area contributed by atoms with Crippen molar-refractivity contribution < 1.29 is 9.90 Å². The first kappa shape index (κ1) is 16.0. The van der Waals surface area contributed by atoms with Crippen LogP contribution in [-0.4, -0.2) is 29.1 Å². The Kier molecular flexibility index (Phi) is 4.72. The molecule has 0 atom stereocenters. The van der Waals surface area contributed by atoms with Gasteiger partial charge in [-0.3, -0.25) is 4.90 Å². The number of hydrogen-bond acceptors (Lipinski definition) is 2. The number of carboxylic acid groups (broad SMARTS) is 1. The lowest BCUT2D eigenvalue weighted by molar-refractivity contribution is 0.0696. The van der Waals surface area contributed by atoms with Crippen molar-refractivity contribution in [1.29, 1.82) is 0 Å². The molecule has 0 spiro atoms. The highest BCUT2D eigenvalue weighted by atomic mass is 16.4.